The molecule has 5 N–H and O–H groups in total. The highest BCUT2D eigenvalue weighted by atomic mass is 19.4. The van der Waals surface area contributed by atoms with Crippen LogP contribution in [0.15, 0.2) is 244 Å². The molecule has 28 heteroatoms. The van der Waals surface area contributed by atoms with Crippen LogP contribution in [0.2, 0.25) is 0 Å². The summed E-state index contributed by atoms with van der Waals surface area (Å²) < 4.78 is 84.1. The van der Waals surface area contributed by atoms with E-state index in [0.29, 0.717) is 50.5 Å². The smallest absolute Gasteiger partial charge is 0.433 e. The molecule has 0 saturated heterocycles. The number of carbonyl (C=O) groups is 5. The first-order valence-corrected chi connectivity index (χ1v) is 29.2. The zero-order chi connectivity index (χ0) is 70.3. The number of fused-ring (bicyclic) bond motifs is 5. The first kappa shape index (κ1) is 66.8. The van der Waals surface area contributed by atoms with Gasteiger partial charge in [-0.1, -0.05) is 6.07 Å². The molecule has 10 heterocycles. The maximum absolute atomic E-state index is 12.5. The molecule has 22 nitrogen and oxygen atoms in total. The Labute approximate surface area is 553 Å². The van der Waals surface area contributed by atoms with Gasteiger partial charge in [0.05, 0.1) is 79.0 Å². The van der Waals surface area contributed by atoms with Crippen LogP contribution in [0.25, 0.3) is 83.5 Å². The average molecular weight is 1340 g/mol. The van der Waals surface area contributed by atoms with Gasteiger partial charge in [0, 0.05) is 88.9 Å². The zero-order valence-corrected chi connectivity index (χ0v) is 51.0. The van der Waals surface area contributed by atoms with Gasteiger partial charge in [-0.2, -0.15) is 26.3 Å². The Bertz CT molecular complexity index is 5230. The number of halogens is 6. The van der Waals surface area contributed by atoms with Gasteiger partial charge in [-0.3, -0.25) is 9.55 Å². The SMILES string of the molecule is Cc1nccc(-n2ccc3cc(C(=O)O)ccc32)n1.O=C(O)c1ccc2c(ccn2-c2ccc(C(F)(F)F)cn2)c1.O=C(O)c1ccc2c(ccn2-c2ccc(C(F)(F)F)nc2)c1.O=C(O)c1ccc2c(ccn2-c2ccccn2)c1.O=C(O)c1ccc2c(ccn2-c2cnccn2)c1. The van der Waals surface area contributed by atoms with Gasteiger partial charge in [-0.05, 0) is 171 Å². The van der Waals surface area contributed by atoms with E-state index in [1.807, 2.05) is 81.7 Å². The Morgan fingerprint density at radius 1 is 0.343 bits per heavy atom. The average Bonchev–Trinajstić information content (AvgIpc) is 1.79. The van der Waals surface area contributed by atoms with E-state index in [1.165, 1.54) is 36.4 Å². The molecule has 0 aliphatic heterocycles. The number of rotatable bonds is 10. The summed E-state index contributed by atoms with van der Waals surface area (Å²) in [7, 11) is 0. The van der Waals surface area contributed by atoms with Crippen LogP contribution in [0.4, 0.5) is 26.3 Å². The Hall–Kier alpha value is -13.7. The van der Waals surface area contributed by atoms with E-state index >= 15 is 0 Å². The molecule has 0 aliphatic rings. The van der Waals surface area contributed by atoms with Crippen LogP contribution >= 0.6 is 0 Å². The number of benzene rings is 5. The fraction of sp³-hybridized carbons (Fsp3) is 0.0423. The van der Waals surface area contributed by atoms with Crippen LogP contribution in [0.3, 0.4) is 0 Å². The summed E-state index contributed by atoms with van der Waals surface area (Å²) in [5.41, 5.74) is 3.95. The third kappa shape index (κ3) is 15.1. The standard InChI is InChI=1S/2C15H9F3N2O2.C14H11N3O2.C14H10N2O2.C13H9N3O2/c16-15(17,18)13-4-2-11(8-19-13)20-6-5-9-7-10(14(21)22)1-3-12(9)20;16-15(17,18)11-2-4-13(19-8-11)20-6-5-9-7-10(14(21)22)1-3-12(9)20;1-9-15-6-4-13(16-9)17-7-5-10-8-11(14(18)19)2-3-12(10)17;17-14(18)11-4-5-12-10(9-11)6-8-16(12)13-3-1-2-7-15-13;17-13(18)10-1-2-11-9(7-10)3-6-16(11)12-8-14-4-5-15-12/h2*1-8H,(H,21,22);2-8H,1H3,(H,18,19);1-9H,(H,17,18);1-8H,(H,17,18). The molecule has 0 unspecified atom stereocenters. The molecular formula is C71H48F6N12O10. The van der Waals surface area contributed by atoms with E-state index in [2.05, 4.69) is 34.9 Å². The number of hydrogen-bond donors (Lipinski definition) is 5. The van der Waals surface area contributed by atoms with Crippen LogP contribution < -0.4 is 0 Å². The first-order valence-electron chi connectivity index (χ1n) is 29.2. The third-order valence-electron chi connectivity index (χ3n) is 15.0. The Kier molecular flexibility index (Phi) is 19.0. The Balaban J connectivity index is 0.000000125. The van der Waals surface area contributed by atoms with Crippen LogP contribution in [0.5, 0.6) is 0 Å². The molecule has 0 radical (unpaired) electrons. The van der Waals surface area contributed by atoms with Gasteiger partial charge in [0.1, 0.15) is 29.0 Å². The van der Waals surface area contributed by atoms with E-state index in [4.69, 9.17) is 25.5 Å². The molecule has 494 valence electrons. The van der Waals surface area contributed by atoms with Crippen molar-refractivity contribution in [3.63, 3.8) is 0 Å². The summed E-state index contributed by atoms with van der Waals surface area (Å²) in [5, 5.41) is 48.7. The topological polar surface area (TPSA) is 301 Å². The quantitative estimate of drug-likeness (QED) is 0.0795. The lowest BCUT2D eigenvalue weighted by atomic mass is 10.1. The minimum Gasteiger partial charge on any atom is -0.478 e. The molecule has 0 saturated carbocycles. The van der Waals surface area contributed by atoms with Crippen molar-refractivity contribution in [1.82, 2.24) is 57.7 Å². The fourth-order valence-electron chi connectivity index (χ4n) is 10.3. The van der Waals surface area contributed by atoms with Crippen molar-refractivity contribution >= 4 is 84.4 Å². The number of alkyl halides is 6. The number of pyridine rings is 3. The van der Waals surface area contributed by atoms with Gasteiger partial charge in [0.25, 0.3) is 0 Å². The Morgan fingerprint density at radius 2 is 0.758 bits per heavy atom. The fourth-order valence-corrected chi connectivity index (χ4v) is 10.3. The zero-order valence-electron chi connectivity index (χ0n) is 51.0. The van der Waals surface area contributed by atoms with Crippen molar-refractivity contribution in [2.24, 2.45) is 0 Å². The second-order valence-electron chi connectivity index (χ2n) is 21.3. The number of nitrogens with zero attached hydrogens (tertiary/aromatic N) is 12. The second kappa shape index (κ2) is 28.1. The minimum atomic E-state index is -4.48. The summed E-state index contributed by atoms with van der Waals surface area (Å²) in [6.07, 6.45) is 10.2. The summed E-state index contributed by atoms with van der Waals surface area (Å²) in [6, 6.07) is 45.1. The normalized spacial score (nSPS) is 11.2. The maximum atomic E-state index is 12.5. The number of aromatic carboxylic acids is 5. The second-order valence-corrected chi connectivity index (χ2v) is 21.3. The monoisotopic (exact) mass is 1340 g/mol. The molecule has 0 fully saturated rings. The molecular weight excluding hydrogens is 1290 g/mol. The molecule has 0 aliphatic carbocycles. The number of carboxylic acids is 5. The van der Waals surface area contributed by atoms with E-state index in [1.54, 1.807) is 131 Å². The lowest BCUT2D eigenvalue weighted by molar-refractivity contribution is -0.141. The van der Waals surface area contributed by atoms with Gasteiger partial charge >= 0.3 is 42.2 Å². The lowest BCUT2D eigenvalue weighted by Gasteiger charge is -2.08. The van der Waals surface area contributed by atoms with Crippen LogP contribution in [0, 0.1) is 6.92 Å². The van der Waals surface area contributed by atoms with Crippen molar-refractivity contribution in [3.8, 4) is 29.0 Å². The van der Waals surface area contributed by atoms with Crippen molar-refractivity contribution in [2.75, 3.05) is 0 Å². The van der Waals surface area contributed by atoms with Crippen LogP contribution in [-0.4, -0.2) is 113 Å². The molecule has 0 atom stereocenters. The largest absolute Gasteiger partial charge is 0.478 e. The number of hydrogen-bond acceptors (Lipinski definition) is 12. The third-order valence-corrected chi connectivity index (χ3v) is 15.0. The highest BCUT2D eigenvalue weighted by Gasteiger charge is 2.32. The first-order chi connectivity index (χ1) is 47.4. The van der Waals surface area contributed by atoms with E-state index in [-0.39, 0.29) is 22.3 Å². The van der Waals surface area contributed by atoms with Gasteiger partial charge in [-0.25, -0.2) is 53.9 Å². The van der Waals surface area contributed by atoms with Crippen molar-refractivity contribution < 1.29 is 75.8 Å². The van der Waals surface area contributed by atoms with Gasteiger partial charge in [-0.15, -0.1) is 0 Å². The molecule has 15 rings (SSSR count). The van der Waals surface area contributed by atoms with Crippen LogP contribution in [-0.2, 0) is 12.4 Å². The van der Waals surface area contributed by atoms with E-state index in [9.17, 15) is 50.3 Å². The summed E-state index contributed by atoms with van der Waals surface area (Å²) in [6.45, 7) is 1.83. The van der Waals surface area contributed by atoms with Gasteiger partial charge < -0.3 is 43.8 Å². The summed E-state index contributed by atoms with van der Waals surface area (Å²) in [5.74, 6) is -1.53. The number of carboxylic acid groups (broad SMARTS) is 5. The van der Waals surface area contributed by atoms with Crippen molar-refractivity contribution in [3.05, 3.63) is 289 Å². The summed E-state index contributed by atoms with van der Waals surface area (Å²) in [4.78, 5) is 82.8. The van der Waals surface area contributed by atoms with E-state index in [0.717, 1.165) is 68.9 Å². The molecule has 0 bridgehead atoms. The van der Waals surface area contributed by atoms with Gasteiger partial charge in [0.15, 0.2) is 5.82 Å². The van der Waals surface area contributed by atoms with Crippen LogP contribution in [0.1, 0.15) is 68.9 Å². The number of aromatic nitrogens is 12. The lowest BCUT2D eigenvalue weighted by Crippen LogP contribution is -2.08. The Morgan fingerprint density at radius 3 is 1.11 bits per heavy atom. The van der Waals surface area contributed by atoms with Crippen molar-refractivity contribution in [2.45, 2.75) is 19.3 Å². The highest BCUT2D eigenvalue weighted by molar-refractivity contribution is 5.97. The predicted octanol–water partition coefficient (Wildman–Crippen LogP) is 14.8. The molecule has 0 amide bonds. The summed E-state index contributed by atoms with van der Waals surface area (Å²) >= 11 is 0. The molecule has 10 aromatic heterocycles. The molecule has 15 aromatic rings. The molecule has 99 heavy (non-hydrogen) atoms. The minimum absolute atomic E-state index is 0.144. The maximum Gasteiger partial charge on any atom is 0.433 e. The van der Waals surface area contributed by atoms with Crippen molar-refractivity contribution in [1.29, 1.82) is 0 Å². The van der Waals surface area contributed by atoms with Gasteiger partial charge in [0.2, 0.25) is 0 Å². The van der Waals surface area contributed by atoms with E-state index < -0.39 is 53.5 Å². The highest BCUT2D eigenvalue weighted by Crippen LogP contribution is 2.32. The number of aryl methyl sites for hydroxylation is 1. The predicted molar refractivity (Wildman–Crippen MR) is 350 cm³/mol. The molecule has 0 spiro atoms. The molecule has 5 aromatic carbocycles.